The van der Waals surface area contributed by atoms with Crippen LogP contribution in [-0.4, -0.2) is 53.7 Å². The quantitative estimate of drug-likeness (QED) is 0.0599. The van der Waals surface area contributed by atoms with Gasteiger partial charge in [0.05, 0.1) is 18.3 Å². The Morgan fingerprint density at radius 1 is 0.967 bits per heavy atom. The van der Waals surface area contributed by atoms with Gasteiger partial charge in [-0.2, -0.15) is 0 Å². The van der Waals surface area contributed by atoms with Crippen molar-refractivity contribution in [3.8, 4) is 5.75 Å². The number of aliphatic hydroxyl groups is 1. The normalized spacial score (nSPS) is 20.9. The number of halogens is 1. The molecule has 3 aliphatic carbocycles. The summed E-state index contributed by atoms with van der Waals surface area (Å²) in [6.07, 6.45) is 4.55. The van der Waals surface area contributed by atoms with E-state index in [4.69, 9.17) is 31.8 Å². The molecule has 2 heterocycles. The standard InChI is InChI=1S/C49H43FN2O7S/c1-4-47(56)38-24-30-21-29(23-41(53)37(38)26-58-46(47)55)22-36-44-43-35(28(2)39(50)25-40(43)51-45(30)36)19-20-48(44,60)52-42(54)27-59-49(31-11-7-5-8-12-31,32-13-9-6-10-14-32)33-15-17-34(57-3)18-16-33/h5-18,21,24-25,56,60H,4,19-20,22-23,26-27H2,1-3H3,(H,52,54)/t47-,48-/m0/s1. The number of nitrogens with one attached hydrogen (secondary N) is 1. The molecule has 60 heavy (non-hydrogen) atoms. The lowest BCUT2D eigenvalue weighted by Gasteiger charge is -2.40. The Labute approximate surface area is 352 Å². The number of carbonyl (C=O) groups is 3. The number of benzene rings is 4. The molecule has 5 aromatic rings. The monoisotopic (exact) mass is 822 g/mol. The number of ether oxygens (including phenoxy) is 3. The topological polar surface area (TPSA) is 124 Å². The fourth-order valence-corrected chi connectivity index (χ4v) is 9.92. The summed E-state index contributed by atoms with van der Waals surface area (Å²) in [5.41, 5.74) is 4.49. The van der Waals surface area contributed by atoms with Crippen LogP contribution in [0.1, 0.15) is 70.8 Å². The summed E-state index contributed by atoms with van der Waals surface area (Å²) in [6.45, 7) is 2.79. The molecule has 2 atom stereocenters. The number of amides is 1. The van der Waals surface area contributed by atoms with Crippen LogP contribution in [0, 0.1) is 12.7 Å². The lowest BCUT2D eigenvalue weighted by molar-refractivity contribution is -0.163. The van der Waals surface area contributed by atoms with Gasteiger partial charge in [0.2, 0.25) is 5.91 Å². The number of fused-ring (bicyclic) bond motifs is 4. The summed E-state index contributed by atoms with van der Waals surface area (Å²) in [4.78, 5) is 45.2. The molecule has 1 amide bonds. The predicted molar refractivity (Wildman–Crippen MR) is 228 cm³/mol. The molecule has 0 radical (unpaired) electrons. The van der Waals surface area contributed by atoms with Gasteiger partial charge in [0.25, 0.3) is 0 Å². The van der Waals surface area contributed by atoms with Crippen LogP contribution >= 0.6 is 12.6 Å². The third-order valence-electron chi connectivity index (χ3n) is 12.5. The van der Waals surface area contributed by atoms with Crippen LogP contribution in [0.4, 0.5) is 4.39 Å². The first kappa shape index (κ1) is 39.6. The Hall–Kier alpha value is -5.88. The number of thiol groups is 1. The minimum Gasteiger partial charge on any atom is -0.497 e. The number of nitrogens with zero attached hydrogens (tertiary/aromatic N) is 1. The number of pyridine rings is 1. The van der Waals surface area contributed by atoms with Gasteiger partial charge < -0.3 is 24.6 Å². The summed E-state index contributed by atoms with van der Waals surface area (Å²) in [5.74, 6) is -1.24. The molecule has 2 N–H and O–H groups in total. The zero-order valence-corrected chi connectivity index (χ0v) is 34.3. The summed E-state index contributed by atoms with van der Waals surface area (Å²) in [7, 11) is 1.61. The lowest BCUT2D eigenvalue weighted by atomic mass is 9.74. The Bertz CT molecular complexity index is 2670. The molecule has 0 spiro atoms. The second-order valence-corrected chi connectivity index (χ2v) is 16.6. The molecular weight excluding hydrogens is 780 g/mol. The largest absolute Gasteiger partial charge is 0.497 e. The van der Waals surface area contributed by atoms with Gasteiger partial charge in [-0.25, -0.2) is 14.2 Å². The summed E-state index contributed by atoms with van der Waals surface area (Å²) in [5, 5.41) is 15.6. The van der Waals surface area contributed by atoms with Crippen molar-refractivity contribution in [1.82, 2.24) is 10.3 Å². The van der Waals surface area contributed by atoms with Gasteiger partial charge in [-0.15, -0.1) is 12.6 Å². The number of Topliss-reactive ketones (excluding diaryl/α,β-unsaturated/α-hetero) is 1. The highest BCUT2D eigenvalue weighted by molar-refractivity contribution is 7.81. The van der Waals surface area contributed by atoms with Crippen LogP contribution in [0.3, 0.4) is 0 Å². The number of allylic oxidation sites excluding steroid dienone is 3. The molecule has 9 nitrogen and oxygen atoms in total. The molecule has 9 rings (SSSR count). The van der Waals surface area contributed by atoms with Gasteiger partial charge in [0, 0.05) is 40.2 Å². The molecule has 1 aromatic heterocycles. The number of esters is 1. The third kappa shape index (κ3) is 6.29. The highest BCUT2D eigenvalue weighted by Gasteiger charge is 2.47. The van der Waals surface area contributed by atoms with E-state index in [0.717, 1.165) is 33.4 Å². The van der Waals surface area contributed by atoms with E-state index in [9.17, 15) is 19.5 Å². The summed E-state index contributed by atoms with van der Waals surface area (Å²) >= 11 is 5.32. The van der Waals surface area contributed by atoms with Crippen molar-refractivity contribution < 1.29 is 38.1 Å². The van der Waals surface area contributed by atoms with E-state index < -0.39 is 33.8 Å². The van der Waals surface area contributed by atoms with E-state index >= 15 is 4.39 Å². The number of ketones is 1. The Morgan fingerprint density at radius 2 is 1.63 bits per heavy atom. The zero-order valence-electron chi connectivity index (χ0n) is 33.4. The third-order valence-corrected chi connectivity index (χ3v) is 13.1. The number of aryl methyl sites for hydroxylation is 1. The van der Waals surface area contributed by atoms with Crippen LogP contribution in [0.25, 0.3) is 16.5 Å². The van der Waals surface area contributed by atoms with Crippen LogP contribution in [0.2, 0.25) is 0 Å². The van der Waals surface area contributed by atoms with Gasteiger partial charge in [-0.1, -0.05) is 91.4 Å². The minimum atomic E-state index is -2.04. The lowest BCUT2D eigenvalue weighted by Crippen LogP contribution is -2.47. The van der Waals surface area contributed by atoms with Crippen molar-refractivity contribution in [2.45, 2.75) is 62.0 Å². The molecule has 0 saturated heterocycles. The van der Waals surface area contributed by atoms with Crippen molar-refractivity contribution in [2.24, 2.45) is 0 Å². The second kappa shape index (κ2) is 15.0. The van der Waals surface area contributed by atoms with Crippen molar-refractivity contribution in [1.29, 1.82) is 0 Å². The Morgan fingerprint density at radius 3 is 2.28 bits per heavy atom. The van der Waals surface area contributed by atoms with E-state index in [1.807, 2.05) is 91.0 Å². The van der Waals surface area contributed by atoms with E-state index in [0.29, 0.717) is 58.3 Å². The zero-order chi connectivity index (χ0) is 42.0. The minimum absolute atomic E-state index is 0.0163. The average molecular weight is 823 g/mol. The number of rotatable bonds is 9. The van der Waals surface area contributed by atoms with Gasteiger partial charge in [-0.3, -0.25) is 9.59 Å². The average Bonchev–Trinajstić information content (AvgIpc) is 3.25. The Kier molecular flexibility index (Phi) is 9.89. The number of carbonyl (C=O) groups excluding carboxylic acids is 3. The smallest absolute Gasteiger partial charge is 0.343 e. The number of aromatic nitrogens is 1. The van der Waals surface area contributed by atoms with Gasteiger partial charge in [0.15, 0.2) is 11.4 Å². The van der Waals surface area contributed by atoms with Crippen LogP contribution in [0.15, 0.2) is 120 Å². The van der Waals surface area contributed by atoms with E-state index in [-0.39, 0.29) is 43.0 Å². The van der Waals surface area contributed by atoms with Gasteiger partial charge in [-0.05, 0) is 84.2 Å². The van der Waals surface area contributed by atoms with Gasteiger partial charge >= 0.3 is 5.97 Å². The maximum Gasteiger partial charge on any atom is 0.343 e. The second-order valence-electron chi connectivity index (χ2n) is 15.9. The molecular formula is C49H43FN2O7S. The fraction of sp³-hybridized carbons (Fsp3) is 0.265. The SMILES string of the molecule is CC[C@@]1(O)C(=O)OCC2=C1C=C1C=C(CC2=O)Cc2c1nc1cc(F)c(C)c3c1c2[C@](S)(NC(=O)COC(c1ccccc1)(c1ccccc1)c1ccc(OC)cc1)CC3. The van der Waals surface area contributed by atoms with E-state index in [2.05, 4.69) is 5.32 Å². The molecule has 304 valence electrons. The first-order chi connectivity index (χ1) is 28.9. The van der Waals surface area contributed by atoms with Crippen molar-refractivity contribution in [3.05, 3.63) is 170 Å². The number of cyclic esters (lactones) is 1. The van der Waals surface area contributed by atoms with Crippen molar-refractivity contribution in [3.63, 3.8) is 0 Å². The fourth-order valence-electron chi connectivity index (χ4n) is 9.43. The molecule has 0 saturated carbocycles. The van der Waals surface area contributed by atoms with Crippen molar-refractivity contribution in [2.75, 3.05) is 20.3 Å². The maximum atomic E-state index is 15.7. The molecule has 11 heteroatoms. The summed E-state index contributed by atoms with van der Waals surface area (Å²) < 4.78 is 33.4. The molecule has 4 aliphatic rings. The molecule has 4 aromatic carbocycles. The first-order valence-corrected chi connectivity index (χ1v) is 20.5. The molecule has 1 aliphatic heterocycles. The molecule has 0 fully saturated rings. The van der Waals surface area contributed by atoms with E-state index in [1.54, 1.807) is 27.0 Å². The Balaban J connectivity index is 1.16. The van der Waals surface area contributed by atoms with Crippen molar-refractivity contribution >= 4 is 46.8 Å². The number of methoxy groups -OCH3 is 1. The predicted octanol–water partition coefficient (Wildman–Crippen LogP) is 7.68. The molecule has 2 bridgehead atoms. The first-order valence-electron chi connectivity index (χ1n) is 20.1. The summed E-state index contributed by atoms with van der Waals surface area (Å²) in [6, 6.07) is 28.5. The number of hydrogen-bond donors (Lipinski definition) is 3. The number of hydrogen-bond acceptors (Lipinski definition) is 9. The highest BCUT2D eigenvalue weighted by atomic mass is 32.1. The highest BCUT2D eigenvalue weighted by Crippen LogP contribution is 2.50. The molecule has 0 unspecified atom stereocenters. The van der Waals surface area contributed by atoms with Gasteiger partial charge in [0.1, 0.15) is 35.3 Å². The van der Waals surface area contributed by atoms with Crippen LogP contribution in [-0.2, 0) is 47.2 Å². The van der Waals surface area contributed by atoms with Crippen LogP contribution < -0.4 is 10.1 Å². The maximum absolute atomic E-state index is 15.7. The van der Waals surface area contributed by atoms with Crippen LogP contribution in [0.5, 0.6) is 5.75 Å². The van der Waals surface area contributed by atoms with E-state index in [1.165, 1.54) is 6.07 Å².